The number of alkyl halides is 2. The largest absolute Gasteiger partial charge is 0.619 e. The van der Waals surface area contributed by atoms with Crippen LogP contribution in [0.5, 0.6) is 11.5 Å². The number of nitrogens with zero attached hydrogens (tertiary/aromatic N) is 2. The number of anilines is 1. The molecular formula is C28H23Cl2F2N3O7. The van der Waals surface area contributed by atoms with E-state index in [0.29, 0.717) is 4.73 Å². The summed E-state index contributed by atoms with van der Waals surface area (Å²) < 4.78 is 42.6. The predicted molar refractivity (Wildman–Crippen MR) is 145 cm³/mol. The van der Waals surface area contributed by atoms with Gasteiger partial charge < -0.3 is 25.2 Å². The Kier molecular flexibility index (Phi) is 8.37. The number of esters is 1. The number of benzene rings is 2. The summed E-state index contributed by atoms with van der Waals surface area (Å²) in [6, 6.07) is 8.23. The number of rotatable bonds is 11. The van der Waals surface area contributed by atoms with E-state index < -0.39 is 37.0 Å². The minimum Gasteiger partial charge on any atom is -0.619 e. The molecule has 0 bridgehead atoms. The van der Waals surface area contributed by atoms with E-state index in [1.807, 2.05) is 0 Å². The van der Waals surface area contributed by atoms with Crippen molar-refractivity contribution in [3.05, 3.63) is 86.3 Å². The summed E-state index contributed by atoms with van der Waals surface area (Å²) in [4.78, 5) is 39.6. The zero-order chi connectivity index (χ0) is 30.1. The molecule has 1 aliphatic heterocycles. The van der Waals surface area contributed by atoms with Gasteiger partial charge in [0.2, 0.25) is 0 Å². The molecule has 0 radical (unpaired) electrons. The van der Waals surface area contributed by atoms with Crippen LogP contribution in [0.1, 0.15) is 50.8 Å². The maximum Gasteiger partial charge on any atom is 0.387 e. The molecule has 1 fully saturated rings. The number of hydrogen-bond acceptors (Lipinski definition) is 8. The highest BCUT2D eigenvalue weighted by atomic mass is 35.5. The van der Waals surface area contributed by atoms with Gasteiger partial charge in [-0.2, -0.15) is 13.5 Å². The lowest BCUT2D eigenvalue weighted by atomic mass is 10.0. The van der Waals surface area contributed by atoms with Gasteiger partial charge in [0.15, 0.2) is 23.9 Å². The minimum absolute atomic E-state index is 0.00124. The van der Waals surface area contributed by atoms with Crippen molar-refractivity contribution in [2.24, 2.45) is 5.92 Å². The number of pyridine rings is 1. The number of aromatic nitrogens is 1. The molecule has 1 aromatic heterocycles. The summed E-state index contributed by atoms with van der Waals surface area (Å²) in [5.74, 6) is -2.29. The molecule has 2 aliphatic rings. The van der Waals surface area contributed by atoms with Crippen LogP contribution in [-0.4, -0.2) is 42.4 Å². The molecule has 10 nitrogen and oxygen atoms in total. The number of ether oxygens (including phenoxy) is 3. The smallest absolute Gasteiger partial charge is 0.387 e. The molecule has 14 heteroatoms. The SMILES string of the molecule is Nc1ccc2c(c1)C(=O)N(CC(=O)OC(Cc1c(Cl)c[n+]([O-])cc1Cl)c1ccc(OC(F)F)c(OCC3CC3)c1)C2=O. The number of carbonyl (C=O) groups is 3. The van der Waals surface area contributed by atoms with Crippen LogP contribution < -0.4 is 19.9 Å². The lowest BCUT2D eigenvalue weighted by molar-refractivity contribution is -0.605. The molecule has 2 heterocycles. The highest BCUT2D eigenvalue weighted by Gasteiger charge is 2.38. The maximum absolute atomic E-state index is 13.2. The molecule has 42 heavy (non-hydrogen) atoms. The third-order valence-corrected chi connectivity index (χ3v) is 7.38. The summed E-state index contributed by atoms with van der Waals surface area (Å²) in [6.45, 7) is -3.56. The molecule has 220 valence electrons. The van der Waals surface area contributed by atoms with Crippen LogP contribution in [0.4, 0.5) is 14.5 Å². The second kappa shape index (κ2) is 12.0. The maximum atomic E-state index is 13.2. The minimum atomic E-state index is -3.11. The molecule has 2 N–H and O–H groups in total. The first-order chi connectivity index (χ1) is 20.0. The third-order valence-electron chi connectivity index (χ3n) is 6.73. The molecule has 3 aromatic rings. The molecule has 2 aromatic carbocycles. The molecule has 5 rings (SSSR count). The third kappa shape index (κ3) is 6.50. The van der Waals surface area contributed by atoms with E-state index in [-0.39, 0.29) is 68.4 Å². The van der Waals surface area contributed by atoms with Crippen molar-refractivity contribution in [3.8, 4) is 11.5 Å². The Balaban J connectivity index is 1.43. The summed E-state index contributed by atoms with van der Waals surface area (Å²) in [5.41, 5.74) is 6.71. The van der Waals surface area contributed by atoms with Crippen LogP contribution in [0.3, 0.4) is 0 Å². The van der Waals surface area contributed by atoms with Gasteiger partial charge in [0.1, 0.15) is 22.7 Å². The highest BCUT2D eigenvalue weighted by Crippen LogP contribution is 2.38. The molecule has 2 amide bonds. The van der Waals surface area contributed by atoms with E-state index in [9.17, 15) is 28.4 Å². The van der Waals surface area contributed by atoms with E-state index in [1.165, 1.54) is 36.4 Å². The Bertz CT molecular complexity index is 1550. The van der Waals surface area contributed by atoms with Crippen LogP contribution >= 0.6 is 23.2 Å². The summed E-state index contributed by atoms with van der Waals surface area (Å²) in [5, 5.41) is 11.7. The number of hydrogen-bond donors (Lipinski definition) is 1. The first kappa shape index (κ1) is 29.3. The van der Waals surface area contributed by atoms with Crippen molar-refractivity contribution in [1.82, 2.24) is 4.90 Å². The lowest BCUT2D eigenvalue weighted by Crippen LogP contribution is -2.36. The van der Waals surface area contributed by atoms with Crippen LogP contribution in [0, 0.1) is 11.1 Å². The zero-order valence-electron chi connectivity index (χ0n) is 21.7. The molecule has 0 saturated heterocycles. The van der Waals surface area contributed by atoms with Crippen molar-refractivity contribution < 1.29 is 42.1 Å². The molecule has 1 saturated carbocycles. The number of nitrogens with two attached hydrogens (primary N) is 1. The molecule has 1 atom stereocenters. The second-order valence-corrected chi connectivity index (χ2v) is 10.6. The Morgan fingerprint density at radius 3 is 2.40 bits per heavy atom. The van der Waals surface area contributed by atoms with Crippen molar-refractivity contribution in [2.45, 2.75) is 32.0 Å². The molecule has 1 aliphatic carbocycles. The number of amides is 2. The van der Waals surface area contributed by atoms with E-state index in [2.05, 4.69) is 4.74 Å². The van der Waals surface area contributed by atoms with Crippen molar-refractivity contribution in [1.29, 1.82) is 0 Å². The van der Waals surface area contributed by atoms with E-state index in [1.54, 1.807) is 0 Å². The Hall–Kier alpha value is -4.16. The summed E-state index contributed by atoms with van der Waals surface area (Å²) >= 11 is 12.5. The van der Waals surface area contributed by atoms with Crippen molar-refractivity contribution in [2.75, 3.05) is 18.9 Å². The average molecular weight is 622 g/mol. The van der Waals surface area contributed by atoms with E-state index in [0.717, 1.165) is 30.1 Å². The van der Waals surface area contributed by atoms with Gasteiger partial charge in [-0.1, -0.05) is 29.3 Å². The van der Waals surface area contributed by atoms with Crippen molar-refractivity contribution in [3.63, 3.8) is 0 Å². The highest BCUT2D eigenvalue weighted by molar-refractivity contribution is 6.35. The van der Waals surface area contributed by atoms with Gasteiger partial charge in [0.25, 0.3) is 11.8 Å². The van der Waals surface area contributed by atoms with Gasteiger partial charge in [-0.3, -0.25) is 19.3 Å². The zero-order valence-corrected chi connectivity index (χ0v) is 23.2. The van der Waals surface area contributed by atoms with Gasteiger partial charge in [0, 0.05) is 17.7 Å². The lowest BCUT2D eigenvalue weighted by Gasteiger charge is -2.22. The normalized spacial score (nSPS) is 15.1. The topological polar surface area (TPSA) is 135 Å². The van der Waals surface area contributed by atoms with E-state index >= 15 is 0 Å². The molecule has 1 unspecified atom stereocenters. The Morgan fingerprint density at radius 2 is 1.74 bits per heavy atom. The fourth-order valence-corrected chi connectivity index (χ4v) is 5.04. The van der Waals surface area contributed by atoms with Crippen LogP contribution in [0.15, 0.2) is 48.8 Å². The van der Waals surface area contributed by atoms with E-state index in [4.69, 9.17) is 38.4 Å². The van der Waals surface area contributed by atoms with Gasteiger partial charge in [-0.15, -0.1) is 0 Å². The van der Waals surface area contributed by atoms with Gasteiger partial charge in [0.05, 0.1) is 17.7 Å². The number of carbonyl (C=O) groups excluding carboxylic acids is 3. The second-order valence-electron chi connectivity index (χ2n) is 9.82. The standard InChI is InChI=1S/C28H23Cl2F2N3O7/c29-20-10-34(39)11-21(30)19(20)9-23(15-3-6-22(42-28(31)32)24(7-15)40-13-14-1-2-14)41-25(36)12-35-26(37)17-5-4-16(33)8-18(17)27(35)38/h3-8,10-11,14,23,28H,1-2,9,12-13,33H2. The average Bonchev–Trinajstić information content (AvgIpc) is 3.72. The first-order valence-electron chi connectivity index (χ1n) is 12.7. The summed E-state index contributed by atoms with van der Waals surface area (Å²) in [6.07, 6.45) is 2.70. The van der Waals surface area contributed by atoms with Crippen LogP contribution in [-0.2, 0) is 16.0 Å². The quantitative estimate of drug-likeness (QED) is 0.107. The van der Waals surface area contributed by atoms with Crippen LogP contribution in [0.2, 0.25) is 10.0 Å². The monoisotopic (exact) mass is 621 g/mol. The Morgan fingerprint density at radius 1 is 1.05 bits per heavy atom. The molecular weight excluding hydrogens is 599 g/mol. The number of halogens is 4. The predicted octanol–water partition coefficient (Wildman–Crippen LogP) is 4.72. The summed E-state index contributed by atoms with van der Waals surface area (Å²) in [7, 11) is 0. The van der Waals surface area contributed by atoms with Gasteiger partial charge >= 0.3 is 12.6 Å². The van der Waals surface area contributed by atoms with Gasteiger partial charge in [-0.05, 0) is 54.7 Å². The van der Waals surface area contributed by atoms with Gasteiger partial charge in [-0.25, -0.2) is 0 Å². The number of nitrogen functional groups attached to an aromatic ring is 1. The Labute approximate surface area is 248 Å². The van der Waals surface area contributed by atoms with Crippen molar-refractivity contribution >= 4 is 46.7 Å². The van der Waals surface area contributed by atoms with Crippen LogP contribution in [0.25, 0.3) is 0 Å². The first-order valence-corrected chi connectivity index (χ1v) is 13.5. The fraction of sp³-hybridized carbons (Fsp3) is 0.286. The number of imide groups is 1. The molecule has 0 spiro atoms. The fourth-order valence-electron chi connectivity index (χ4n) is 4.44. The number of fused-ring (bicyclic) bond motifs is 1.